The number of amides is 3. The summed E-state index contributed by atoms with van der Waals surface area (Å²) in [5.74, 6) is -2.58. The molecule has 10 heteroatoms. The third-order valence-corrected chi connectivity index (χ3v) is 7.16. The van der Waals surface area contributed by atoms with Crippen molar-refractivity contribution in [2.45, 2.75) is 50.9 Å². The zero-order valence-electron chi connectivity index (χ0n) is 19.1. The lowest BCUT2D eigenvalue weighted by molar-refractivity contribution is -0.150. The number of esters is 1. The van der Waals surface area contributed by atoms with Crippen molar-refractivity contribution >= 4 is 23.9 Å². The number of hydrogen-bond acceptors (Lipinski definition) is 5. The Labute approximate surface area is 196 Å². The van der Waals surface area contributed by atoms with Crippen molar-refractivity contribution in [1.29, 1.82) is 0 Å². The second-order valence-electron chi connectivity index (χ2n) is 9.07. The quantitative estimate of drug-likeness (QED) is 0.484. The van der Waals surface area contributed by atoms with Crippen LogP contribution in [0.2, 0.25) is 0 Å². The van der Waals surface area contributed by atoms with Crippen LogP contribution in [0.25, 0.3) is 0 Å². The van der Waals surface area contributed by atoms with Gasteiger partial charge in [-0.2, -0.15) is 0 Å². The topological polar surface area (TPSA) is 116 Å². The Morgan fingerprint density at radius 2 is 2.06 bits per heavy atom. The first kappa shape index (κ1) is 23.7. The van der Waals surface area contributed by atoms with Gasteiger partial charge in [0.2, 0.25) is 11.8 Å². The predicted molar refractivity (Wildman–Crippen MR) is 118 cm³/mol. The molecule has 3 amide bonds. The van der Waals surface area contributed by atoms with Crippen LogP contribution >= 0.6 is 0 Å². The maximum absolute atomic E-state index is 14.4. The van der Waals surface area contributed by atoms with Crippen LogP contribution in [0, 0.1) is 17.7 Å². The maximum atomic E-state index is 14.4. The van der Waals surface area contributed by atoms with Crippen LogP contribution in [0.1, 0.15) is 43.9 Å². The third-order valence-electron chi connectivity index (χ3n) is 7.16. The highest BCUT2D eigenvalue weighted by atomic mass is 19.1. The summed E-state index contributed by atoms with van der Waals surface area (Å²) in [6.45, 7) is 6.92. The van der Waals surface area contributed by atoms with Crippen molar-refractivity contribution in [3.8, 4) is 0 Å². The number of ether oxygens (including phenoxy) is 1. The molecule has 1 unspecified atom stereocenters. The van der Waals surface area contributed by atoms with Crippen molar-refractivity contribution in [2.24, 2.45) is 11.8 Å². The van der Waals surface area contributed by atoms with Gasteiger partial charge in [-0.3, -0.25) is 14.5 Å². The van der Waals surface area contributed by atoms with E-state index in [2.05, 4.69) is 11.9 Å². The zero-order chi connectivity index (χ0) is 24.8. The minimum atomic E-state index is -1.20. The van der Waals surface area contributed by atoms with E-state index < -0.39 is 47.3 Å². The largest absolute Gasteiger partial charge is 0.465 e. The van der Waals surface area contributed by atoms with Gasteiger partial charge in [-0.1, -0.05) is 18.2 Å². The lowest BCUT2D eigenvalue weighted by atomic mass is 9.90. The zero-order valence-corrected chi connectivity index (χ0v) is 19.1. The average Bonchev–Trinajstić information content (AvgIpc) is 3.13. The van der Waals surface area contributed by atoms with E-state index in [0.29, 0.717) is 17.5 Å². The van der Waals surface area contributed by atoms with Gasteiger partial charge in [0.15, 0.2) is 0 Å². The van der Waals surface area contributed by atoms with Crippen LogP contribution < -0.4 is 5.32 Å². The van der Waals surface area contributed by atoms with Crippen LogP contribution in [0.5, 0.6) is 0 Å². The SMILES string of the molecule is C=C[C@@H]1C[C@]1(NC(=O)[C@@H]1C[C@@H](C2c3cccc(F)c3CN2C(=O)O)CN1C(C)=O)C(=O)OCC. The molecule has 1 aliphatic carbocycles. The second kappa shape index (κ2) is 8.73. The number of nitrogens with zero attached hydrogens (tertiary/aromatic N) is 2. The number of hydrogen-bond donors (Lipinski definition) is 2. The van der Waals surface area contributed by atoms with E-state index in [0.717, 1.165) is 4.90 Å². The van der Waals surface area contributed by atoms with Crippen molar-refractivity contribution in [1.82, 2.24) is 15.1 Å². The van der Waals surface area contributed by atoms with E-state index in [1.165, 1.54) is 24.0 Å². The third kappa shape index (κ3) is 3.80. The fourth-order valence-corrected chi connectivity index (χ4v) is 5.41. The Morgan fingerprint density at radius 3 is 2.65 bits per heavy atom. The Kier molecular flexibility index (Phi) is 6.09. The summed E-state index contributed by atoms with van der Waals surface area (Å²) in [6, 6.07) is 2.91. The number of carbonyl (C=O) groups excluding carboxylic acids is 3. The minimum absolute atomic E-state index is 0.0948. The molecule has 2 heterocycles. The molecule has 182 valence electrons. The van der Waals surface area contributed by atoms with E-state index in [-0.39, 0.29) is 37.9 Å². The number of nitrogens with one attached hydrogen (secondary N) is 1. The Hall–Kier alpha value is -3.43. The van der Waals surface area contributed by atoms with Crippen molar-refractivity contribution < 1.29 is 33.4 Å². The number of benzene rings is 1. The van der Waals surface area contributed by atoms with Crippen molar-refractivity contribution in [3.63, 3.8) is 0 Å². The number of likely N-dealkylation sites (tertiary alicyclic amines) is 1. The summed E-state index contributed by atoms with van der Waals surface area (Å²) in [4.78, 5) is 52.8. The number of rotatable bonds is 6. The first-order valence-electron chi connectivity index (χ1n) is 11.3. The van der Waals surface area contributed by atoms with Gasteiger partial charge in [0.1, 0.15) is 17.4 Å². The molecule has 4 rings (SSSR count). The Bertz CT molecular complexity index is 1060. The first-order chi connectivity index (χ1) is 16.1. The molecule has 2 aliphatic heterocycles. The van der Waals surface area contributed by atoms with Gasteiger partial charge < -0.3 is 20.1 Å². The van der Waals surface area contributed by atoms with Gasteiger partial charge in [0.25, 0.3) is 0 Å². The molecule has 0 aromatic heterocycles. The molecule has 0 spiro atoms. The summed E-state index contributed by atoms with van der Waals surface area (Å²) in [7, 11) is 0. The standard InChI is InChI=1S/C24H28FN3O6/c1-4-15-10-24(15,22(31)34-5-2)26-21(30)19-9-14(11-27(19)13(3)29)20-16-7-6-8-18(25)17(16)12-28(20)23(32)33/h4,6-8,14-15,19-20H,1,5,9-12H2,2-3H3,(H,26,30)(H,32,33)/t14-,15-,19+,20?,24-/m1/s1. The summed E-state index contributed by atoms with van der Waals surface area (Å²) < 4.78 is 19.5. The van der Waals surface area contributed by atoms with Gasteiger partial charge in [0, 0.05) is 30.9 Å². The molecule has 1 aromatic carbocycles. The number of carboxylic acid groups (broad SMARTS) is 1. The molecule has 2 N–H and O–H groups in total. The monoisotopic (exact) mass is 473 g/mol. The van der Waals surface area contributed by atoms with Gasteiger partial charge in [-0.05, 0) is 31.4 Å². The van der Waals surface area contributed by atoms with Crippen LogP contribution in [0.15, 0.2) is 30.9 Å². The number of carbonyl (C=O) groups is 4. The van der Waals surface area contributed by atoms with E-state index in [9.17, 15) is 28.7 Å². The number of fused-ring (bicyclic) bond motifs is 1. The maximum Gasteiger partial charge on any atom is 0.408 e. The molecule has 2 fully saturated rings. The van der Waals surface area contributed by atoms with Crippen LogP contribution in [-0.2, 0) is 25.7 Å². The molecule has 5 atom stereocenters. The van der Waals surface area contributed by atoms with Gasteiger partial charge >= 0.3 is 12.1 Å². The summed E-state index contributed by atoms with van der Waals surface area (Å²) >= 11 is 0. The molecule has 0 bridgehead atoms. The molecular formula is C24H28FN3O6. The molecule has 1 saturated carbocycles. The molecule has 1 aromatic rings. The van der Waals surface area contributed by atoms with Crippen molar-refractivity contribution in [3.05, 3.63) is 47.8 Å². The lowest BCUT2D eigenvalue weighted by Gasteiger charge is -2.27. The van der Waals surface area contributed by atoms with Crippen LogP contribution in [0.3, 0.4) is 0 Å². The smallest absolute Gasteiger partial charge is 0.408 e. The molecule has 1 saturated heterocycles. The fraction of sp³-hybridized carbons (Fsp3) is 0.500. The van der Waals surface area contributed by atoms with Gasteiger partial charge in [-0.15, -0.1) is 6.58 Å². The van der Waals surface area contributed by atoms with Crippen LogP contribution in [0.4, 0.5) is 9.18 Å². The molecule has 3 aliphatic rings. The van der Waals surface area contributed by atoms with E-state index in [4.69, 9.17) is 4.74 Å². The number of halogens is 1. The van der Waals surface area contributed by atoms with Crippen LogP contribution in [-0.4, -0.2) is 63.5 Å². The fourth-order valence-electron chi connectivity index (χ4n) is 5.41. The summed E-state index contributed by atoms with van der Waals surface area (Å²) in [5, 5.41) is 12.6. The summed E-state index contributed by atoms with van der Waals surface area (Å²) in [6.07, 6.45) is 0.926. The minimum Gasteiger partial charge on any atom is -0.465 e. The van der Waals surface area contributed by atoms with E-state index >= 15 is 0 Å². The molecule has 9 nitrogen and oxygen atoms in total. The average molecular weight is 474 g/mol. The Morgan fingerprint density at radius 1 is 1.32 bits per heavy atom. The second-order valence-corrected chi connectivity index (χ2v) is 9.07. The van der Waals surface area contributed by atoms with E-state index in [1.807, 2.05) is 0 Å². The lowest BCUT2D eigenvalue weighted by Crippen LogP contribution is -2.53. The van der Waals surface area contributed by atoms with Gasteiger partial charge in [-0.25, -0.2) is 14.0 Å². The normalized spacial score (nSPS) is 29.4. The van der Waals surface area contributed by atoms with E-state index in [1.54, 1.807) is 19.1 Å². The predicted octanol–water partition coefficient (Wildman–Crippen LogP) is 2.22. The highest BCUT2D eigenvalue weighted by Gasteiger charge is 2.62. The highest BCUT2D eigenvalue weighted by molar-refractivity contribution is 5.95. The first-order valence-corrected chi connectivity index (χ1v) is 11.3. The molecule has 34 heavy (non-hydrogen) atoms. The molecule has 0 radical (unpaired) electrons. The molecular weight excluding hydrogens is 445 g/mol. The van der Waals surface area contributed by atoms with Crippen molar-refractivity contribution in [2.75, 3.05) is 13.2 Å². The Balaban J connectivity index is 1.60. The summed E-state index contributed by atoms with van der Waals surface area (Å²) in [5.41, 5.74) is -0.343. The highest BCUT2D eigenvalue weighted by Crippen LogP contribution is 2.47. The van der Waals surface area contributed by atoms with Gasteiger partial charge in [0.05, 0.1) is 19.2 Å².